The van der Waals surface area contributed by atoms with Crippen molar-refractivity contribution >= 4 is 10.2 Å². The number of nitrogens with zero attached hydrogens (tertiary/aromatic N) is 2. The molecule has 2 aliphatic rings. The lowest BCUT2D eigenvalue weighted by Gasteiger charge is -2.34. The summed E-state index contributed by atoms with van der Waals surface area (Å²) in [5.41, 5.74) is 0. The molecule has 0 spiro atoms. The van der Waals surface area contributed by atoms with E-state index in [1.54, 1.807) is 4.31 Å². The average Bonchev–Trinajstić information content (AvgIpc) is 3.12. The molecule has 6 heteroatoms. The zero-order valence-electron chi connectivity index (χ0n) is 11.1. The minimum atomic E-state index is -3.37. The zero-order chi connectivity index (χ0) is 13.2. The summed E-state index contributed by atoms with van der Waals surface area (Å²) in [5, 5.41) is 9.62. The standard InChI is InChI=1S/C12H24N2O3S/c1-2-7-13(9-11-5-6-11)18(16,17)14-8-3-4-12(15)10-14/h11-12,15H,2-10H2,1H3. The summed E-state index contributed by atoms with van der Waals surface area (Å²) >= 11 is 0. The van der Waals surface area contributed by atoms with Gasteiger partial charge in [-0.05, 0) is 38.0 Å². The number of hydrogen-bond acceptors (Lipinski definition) is 3. The molecule has 1 saturated carbocycles. The first-order chi connectivity index (χ1) is 8.54. The molecule has 1 saturated heterocycles. The summed E-state index contributed by atoms with van der Waals surface area (Å²) in [6.07, 6.45) is 4.10. The molecule has 0 aromatic carbocycles. The van der Waals surface area contributed by atoms with E-state index in [9.17, 15) is 13.5 Å². The zero-order valence-corrected chi connectivity index (χ0v) is 11.9. The van der Waals surface area contributed by atoms with E-state index in [1.807, 2.05) is 6.92 Å². The van der Waals surface area contributed by atoms with Gasteiger partial charge < -0.3 is 5.11 Å². The van der Waals surface area contributed by atoms with Gasteiger partial charge in [-0.15, -0.1) is 0 Å². The van der Waals surface area contributed by atoms with Crippen LogP contribution in [0.15, 0.2) is 0 Å². The molecule has 106 valence electrons. The molecule has 5 nitrogen and oxygen atoms in total. The largest absolute Gasteiger partial charge is 0.392 e. The Kier molecular flexibility index (Phi) is 4.64. The first-order valence-electron chi connectivity index (χ1n) is 6.97. The highest BCUT2D eigenvalue weighted by Gasteiger charge is 2.35. The molecule has 0 amide bonds. The molecule has 0 aromatic rings. The Morgan fingerprint density at radius 1 is 1.33 bits per heavy atom. The second-order valence-corrected chi connectivity index (χ2v) is 7.39. The van der Waals surface area contributed by atoms with Gasteiger partial charge in [0, 0.05) is 26.2 Å². The van der Waals surface area contributed by atoms with Gasteiger partial charge in [0.1, 0.15) is 0 Å². The third kappa shape index (κ3) is 3.44. The van der Waals surface area contributed by atoms with E-state index < -0.39 is 16.3 Å². The van der Waals surface area contributed by atoms with Crippen molar-refractivity contribution in [3.63, 3.8) is 0 Å². The molecule has 0 radical (unpaired) electrons. The molecular formula is C12H24N2O3S. The summed E-state index contributed by atoms with van der Waals surface area (Å²) < 4.78 is 28.1. The van der Waals surface area contributed by atoms with E-state index in [-0.39, 0.29) is 6.54 Å². The van der Waals surface area contributed by atoms with E-state index in [1.165, 1.54) is 4.31 Å². The smallest absolute Gasteiger partial charge is 0.282 e. The number of aliphatic hydroxyl groups is 1. The van der Waals surface area contributed by atoms with Crippen molar-refractivity contribution in [3.8, 4) is 0 Å². The molecule has 2 rings (SSSR count). The first-order valence-corrected chi connectivity index (χ1v) is 8.37. The summed E-state index contributed by atoms with van der Waals surface area (Å²) in [5.74, 6) is 0.557. The third-order valence-electron chi connectivity index (χ3n) is 3.64. The average molecular weight is 276 g/mol. The maximum atomic E-state index is 12.5. The Morgan fingerprint density at radius 3 is 2.61 bits per heavy atom. The molecule has 1 heterocycles. The van der Waals surface area contributed by atoms with E-state index in [0.717, 1.165) is 25.7 Å². The van der Waals surface area contributed by atoms with Crippen LogP contribution in [0.25, 0.3) is 0 Å². The molecule has 1 aliphatic carbocycles. The number of aliphatic hydroxyl groups excluding tert-OH is 1. The third-order valence-corrected chi connectivity index (χ3v) is 5.61. The Balaban J connectivity index is 2.04. The van der Waals surface area contributed by atoms with Gasteiger partial charge >= 0.3 is 0 Å². The summed E-state index contributed by atoms with van der Waals surface area (Å²) in [6, 6.07) is 0. The maximum Gasteiger partial charge on any atom is 0.282 e. The van der Waals surface area contributed by atoms with Gasteiger partial charge in [0.05, 0.1) is 6.10 Å². The van der Waals surface area contributed by atoms with Crippen molar-refractivity contribution in [2.24, 2.45) is 5.92 Å². The lowest BCUT2D eigenvalue weighted by molar-refractivity contribution is 0.104. The highest BCUT2D eigenvalue weighted by atomic mass is 32.2. The lowest BCUT2D eigenvalue weighted by Crippen LogP contribution is -2.50. The van der Waals surface area contributed by atoms with Gasteiger partial charge in [0.2, 0.25) is 0 Å². The highest BCUT2D eigenvalue weighted by Crippen LogP contribution is 2.31. The van der Waals surface area contributed by atoms with Crippen LogP contribution < -0.4 is 0 Å². The van der Waals surface area contributed by atoms with Gasteiger partial charge in [0.15, 0.2) is 0 Å². The van der Waals surface area contributed by atoms with E-state index in [4.69, 9.17) is 0 Å². The molecule has 18 heavy (non-hydrogen) atoms. The number of piperidine rings is 1. The number of rotatable bonds is 6. The summed E-state index contributed by atoms with van der Waals surface area (Å²) in [4.78, 5) is 0. The van der Waals surface area contributed by atoms with Crippen molar-refractivity contribution in [3.05, 3.63) is 0 Å². The predicted molar refractivity (Wildman–Crippen MR) is 70.3 cm³/mol. The van der Waals surface area contributed by atoms with Crippen LogP contribution in [-0.4, -0.2) is 54.4 Å². The topological polar surface area (TPSA) is 60.9 Å². The Morgan fingerprint density at radius 2 is 2.06 bits per heavy atom. The van der Waals surface area contributed by atoms with Crippen LogP contribution in [0.2, 0.25) is 0 Å². The van der Waals surface area contributed by atoms with Crippen LogP contribution in [0, 0.1) is 5.92 Å². The normalized spacial score (nSPS) is 26.7. The van der Waals surface area contributed by atoms with Gasteiger partial charge in [-0.3, -0.25) is 0 Å². The Hall–Kier alpha value is -0.170. The molecule has 1 N–H and O–H groups in total. The van der Waals surface area contributed by atoms with Crippen molar-refractivity contribution in [1.82, 2.24) is 8.61 Å². The van der Waals surface area contributed by atoms with Crippen LogP contribution in [0.5, 0.6) is 0 Å². The summed E-state index contributed by atoms with van der Waals surface area (Å²) in [7, 11) is -3.37. The van der Waals surface area contributed by atoms with Crippen LogP contribution >= 0.6 is 0 Å². The lowest BCUT2D eigenvalue weighted by atomic mass is 10.1. The van der Waals surface area contributed by atoms with Gasteiger partial charge in [-0.25, -0.2) is 0 Å². The minimum Gasteiger partial charge on any atom is -0.392 e. The fraction of sp³-hybridized carbons (Fsp3) is 1.00. The van der Waals surface area contributed by atoms with E-state index >= 15 is 0 Å². The van der Waals surface area contributed by atoms with Crippen LogP contribution in [0.4, 0.5) is 0 Å². The van der Waals surface area contributed by atoms with Gasteiger partial charge in [-0.1, -0.05) is 6.92 Å². The second-order valence-electron chi connectivity index (χ2n) is 5.46. The number of β-amino-alcohol motifs (C(OH)–C–C–N with tert-alkyl or cyclic N) is 1. The molecule has 1 unspecified atom stereocenters. The van der Waals surface area contributed by atoms with E-state index in [0.29, 0.717) is 32.0 Å². The van der Waals surface area contributed by atoms with Gasteiger partial charge in [-0.2, -0.15) is 17.0 Å². The second kappa shape index (κ2) is 5.86. The first kappa shape index (κ1) is 14.2. The quantitative estimate of drug-likeness (QED) is 0.781. The SMILES string of the molecule is CCCN(CC1CC1)S(=O)(=O)N1CCCC(O)C1. The fourth-order valence-electron chi connectivity index (χ4n) is 2.43. The molecule has 1 atom stereocenters. The van der Waals surface area contributed by atoms with Crippen molar-refractivity contribution in [2.45, 2.75) is 45.1 Å². The minimum absolute atomic E-state index is 0.257. The Labute approximate surface area is 110 Å². The highest BCUT2D eigenvalue weighted by molar-refractivity contribution is 7.86. The number of hydrogen-bond donors (Lipinski definition) is 1. The molecule has 0 aromatic heterocycles. The maximum absolute atomic E-state index is 12.5. The van der Waals surface area contributed by atoms with Crippen LogP contribution in [0.3, 0.4) is 0 Å². The Bertz CT molecular complexity index is 368. The molecule has 0 bridgehead atoms. The van der Waals surface area contributed by atoms with Gasteiger partial charge in [0.25, 0.3) is 10.2 Å². The molecule has 1 aliphatic heterocycles. The molecular weight excluding hydrogens is 252 g/mol. The van der Waals surface area contributed by atoms with Crippen molar-refractivity contribution in [2.75, 3.05) is 26.2 Å². The van der Waals surface area contributed by atoms with Crippen LogP contribution in [0.1, 0.15) is 39.0 Å². The van der Waals surface area contributed by atoms with Crippen molar-refractivity contribution < 1.29 is 13.5 Å². The summed E-state index contributed by atoms with van der Waals surface area (Å²) in [6.45, 7) is 4.05. The molecule has 2 fully saturated rings. The van der Waals surface area contributed by atoms with Crippen LogP contribution in [-0.2, 0) is 10.2 Å². The predicted octanol–water partition coefficient (Wildman–Crippen LogP) is 0.810. The van der Waals surface area contributed by atoms with E-state index in [2.05, 4.69) is 0 Å². The fourth-order valence-corrected chi connectivity index (χ4v) is 4.29. The monoisotopic (exact) mass is 276 g/mol. The van der Waals surface area contributed by atoms with Crippen molar-refractivity contribution in [1.29, 1.82) is 0 Å².